The Bertz CT molecular complexity index is 901. The zero-order valence-electron chi connectivity index (χ0n) is 12.1. The lowest BCUT2D eigenvalue weighted by molar-refractivity contribution is 0.531. The Hall–Kier alpha value is -2.13. The molecule has 0 bridgehead atoms. The molecule has 9 heteroatoms. The highest BCUT2D eigenvalue weighted by Crippen LogP contribution is 2.28. The molecule has 0 radical (unpaired) electrons. The molecule has 3 aromatic rings. The summed E-state index contributed by atoms with van der Waals surface area (Å²) in [4.78, 5) is 0.945. The fourth-order valence-electron chi connectivity index (χ4n) is 1.82. The summed E-state index contributed by atoms with van der Waals surface area (Å²) in [6.45, 7) is 5.48. The summed E-state index contributed by atoms with van der Waals surface area (Å²) in [5.74, 6) is 0.810. The minimum atomic E-state index is -3.73. The number of rotatable bonds is 4. The van der Waals surface area contributed by atoms with Gasteiger partial charge in [0, 0.05) is 4.88 Å². The third-order valence-corrected chi connectivity index (χ3v) is 6.09. The average molecular weight is 339 g/mol. The Morgan fingerprint density at radius 1 is 1.23 bits per heavy atom. The maximum atomic E-state index is 12.3. The van der Waals surface area contributed by atoms with Crippen molar-refractivity contribution in [2.75, 3.05) is 4.72 Å². The molecule has 116 valence electrons. The molecule has 1 N–H and O–H groups in total. The summed E-state index contributed by atoms with van der Waals surface area (Å²) in [6.07, 6.45) is 1.50. The van der Waals surface area contributed by atoms with Crippen LogP contribution in [0.1, 0.15) is 16.2 Å². The third kappa shape index (κ3) is 2.64. The molecule has 3 aromatic heterocycles. The van der Waals surface area contributed by atoms with Crippen LogP contribution in [0.3, 0.4) is 0 Å². The van der Waals surface area contributed by atoms with Crippen LogP contribution in [-0.2, 0) is 10.0 Å². The van der Waals surface area contributed by atoms with Gasteiger partial charge < -0.3 is 8.83 Å². The molecule has 0 spiro atoms. The van der Waals surface area contributed by atoms with Crippen molar-refractivity contribution in [1.29, 1.82) is 0 Å². The molecular formula is C13H13N3O4S2. The number of hydrogen-bond acceptors (Lipinski definition) is 7. The van der Waals surface area contributed by atoms with Crippen molar-refractivity contribution in [2.24, 2.45) is 0 Å². The number of sulfonamides is 1. The zero-order valence-corrected chi connectivity index (χ0v) is 13.7. The second-order valence-electron chi connectivity index (χ2n) is 4.71. The Kier molecular flexibility index (Phi) is 3.53. The maximum Gasteiger partial charge on any atom is 0.330 e. The van der Waals surface area contributed by atoms with Gasteiger partial charge >= 0.3 is 6.01 Å². The average Bonchev–Trinajstić information content (AvgIpc) is 3.12. The number of nitrogens with one attached hydrogen (secondary N) is 1. The number of nitrogens with zero attached hydrogens (tertiary/aromatic N) is 2. The van der Waals surface area contributed by atoms with Crippen molar-refractivity contribution in [3.63, 3.8) is 0 Å². The number of thiophene rings is 1. The van der Waals surface area contributed by atoms with Crippen LogP contribution in [0, 0.1) is 20.8 Å². The van der Waals surface area contributed by atoms with E-state index < -0.39 is 10.0 Å². The second-order valence-corrected chi connectivity index (χ2v) is 7.88. The number of aromatic nitrogens is 2. The van der Waals surface area contributed by atoms with Gasteiger partial charge in [-0.1, -0.05) is 5.10 Å². The minimum Gasteiger partial charge on any atom is -0.469 e. The van der Waals surface area contributed by atoms with Crippen LogP contribution in [0.4, 0.5) is 6.01 Å². The van der Waals surface area contributed by atoms with Gasteiger partial charge in [-0.25, -0.2) is 13.1 Å². The predicted octanol–water partition coefficient (Wildman–Crippen LogP) is 3.12. The fraction of sp³-hybridized carbons (Fsp3) is 0.231. The number of hydrogen-bond donors (Lipinski definition) is 1. The smallest absolute Gasteiger partial charge is 0.330 e. The molecule has 0 aliphatic heterocycles. The Morgan fingerprint density at radius 3 is 2.59 bits per heavy atom. The van der Waals surface area contributed by atoms with Crippen LogP contribution in [0.15, 0.2) is 31.4 Å². The Morgan fingerprint density at radius 2 is 2.00 bits per heavy atom. The molecule has 22 heavy (non-hydrogen) atoms. The van der Waals surface area contributed by atoms with E-state index in [4.69, 9.17) is 8.83 Å². The molecule has 0 amide bonds. The van der Waals surface area contributed by atoms with Gasteiger partial charge in [0.25, 0.3) is 15.9 Å². The van der Waals surface area contributed by atoms with E-state index in [-0.39, 0.29) is 16.1 Å². The molecule has 0 aromatic carbocycles. The van der Waals surface area contributed by atoms with Crippen molar-refractivity contribution in [3.8, 4) is 11.5 Å². The normalized spacial score (nSPS) is 11.8. The van der Waals surface area contributed by atoms with E-state index in [1.807, 2.05) is 13.8 Å². The van der Waals surface area contributed by atoms with Gasteiger partial charge in [-0.2, -0.15) is 0 Å². The van der Waals surface area contributed by atoms with Gasteiger partial charge in [-0.15, -0.1) is 16.4 Å². The van der Waals surface area contributed by atoms with Crippen molar-refractivity contribution < 1.29 is 17.3 Å². The molecule has 0 atom stereocenters. The van der Waals surface area contributed by atoms with Crippen LogP contribution in [0.25, 0.3) is 11.5 Å². The molecular weight excluding hydrogens is 326 g/mol. The van der Waals surface area contributed by atoms with E-state index in [9.17, 15) is 8.42 Å². The fourth-order valence-corrected chi connectivity index (χ4v) is 4.26. The van der Waals surface area contributed by atoms with Crippen LogP contribution in [0.5, 0.6) is 0 Å². The van der Waals surface area contributed by atoms with Crippen LogP contribution in [0.2, 0.25) is 0 Å². The quantitative estimate of drug-likeness (QED) is 0.784. The molecule has 0 unspecified atom stereocenters. The highest BCUT2D eigenvalue weighted by atomic mass is 32.2. The summed E-state index contributed by atoms with van der Waals surface area (Å²) >= 11 is 1.19. The third-order valence-electron chi connectivity index (χ3n) is 3.14. The highest BCUT2D eigenvalue weighted by Gasteiger charge is 2.21. The largest absolute Gasteiger partial charge is 0.469 e. The lowest BCUT2D eigenvalue weighted by Gasteiger charge is -2.00. The van der Waals surface area contributed by atoms with E-state index in [1.165, 1.54) is 17.6 Å². The highest BCUT2D eigenvalue weighted by molar-refractivity contribution is 7.94. The lowest BCUT2D eigenvalue weighted by atomic mass is 10.3. The SMILES string of the molecule is Cc1cc(S(=O)(=O)Nc2nnc(-c3ccoc3C)o2)sc1C. The zero-order chi connectivity index (χ0) is 15.9. The van der Waals surface area contributed by atoms with E-state index in [0.29, 0.717) is 11.3 Å². The molecule has 7 nitrogen and oxygen atoms in total. The summed E-state index contributed by atoms with van der Waals surface area (Å²) < 4.78 is 37.5. The summed E-state index contributed by atoms with van der Waals surface area (Å²) in [5.41, 5.74) is 1.55. The first-order valence-electron chi connectivity index (χ1n) is 6.34. The molecule has 0 saturated heterocycles. The molecule has 3 rings (SSSR count). The van der Waals surface area contributed by atoms with Crippen LogP contribution < -0.4 is 4.72 Å². The van der Waals surface area contributed by atoms with E-state index in [1.54, 1.807) is 19.1 Å². The molecule has 0 aliphatic carbocycles. The van der Waals surface area contributed by atoms with Gasteiger partial charge in [-0.3, -0.25) is 0 Å². The second kappa shape index (κ2) is 5.25. The number of aryl methyl sites for hydroxylation is 3. The molecule has 0 fully saturated rings. The van der Waals surface area contributed by atoms with Gasteiger partial charge in [0.05, 0.1) is 11.8 Å². The van der Waals surface area contributed by atoms with E-state index >= 15 is 0 Å². The number of anilines is 1. The van der Waals surface area contributed by atoms with Gasteiger partial charge in [-0.05, 0) is 38.5 Å². The topological polar surface area (TPSA) is 98.2 Å². The summed E-state index contributed by atoms with van der Waals surface area (Å²) in [5, 5.41) is 7.53. The van der Waals surface area contributed by atoms with E-state index in [2.05, 4.69) is 14.9 Å². The standard InChI is InChI=1S/C13H13N3O4S2/c1-7-6-11(21-9(7)3)22(17,18)16-13-15-14-12(20-13)10-4-5-19-8(10)2/h4-6H,1-3H3,(H,15,16). The molecule has 3 heterocycles. The summed E-state index contributed by atoms with van der Waals surface area (Å²) in [6, 6.07) is 3.10. The first kappa shape index (κ1) is 14.8. The molecule has 0 saturated carbocycles. The van der Waals surface area contributed by atoms with Gasteiger partial charge in [0.15, 0.2) is 0 Å². The monoisotopic (exact) mass is 339 g/mol. The van der Waals surface area contributed by atoms with Crippen molar-refractivity contribution in [3.05, 3.63) is 34.6 Å². The number of furan rings is 1. The first-order chi connectivity index (χ1) is 10.4. The van der Waals surface area contributed by atoms with Gasteiger partial charge in [0.1, 0.15) is 9.97 Å². The Labute approximate surface area is 131 Å². The van der Waals surface area contributed by atoms with Crippen LogP contribution >= 0.6 is 11.3 Å². The minimum absolute atomic E-state index is 0.181. The first-order valence-corrected chi connectivity index (χ1v) is 8.64. The molecule has 0 aliphatic rings. The Balaban J connectivity index is 1.87. The van der Waals surface area contributed by atoms with Crippen LogP contribution in [-0.4, -0.2) is 18.6 Å². The van der Waals surface area contributed by atoms with E-state index in [0.717, 1.165) is 10.4 Å². The summed E-state index contributed by atoms with van der Waals surface area (Å²) in [7, 11) is -3.73. The maximum absolute atomic E-state index is 12.3. The van der Waals surface area contributed by atoms with Crippen molar-refractivity contribution in [1.82, 2.24) is 10.2 Å². The predicted molar refractivity (Wildman–Crippen MR) is 81.3 cm³/mol. The van der Waals surface area contributed by atoms with Gasteiger partial charge in [0.2, 0.25) is 0 Å². The van der Waals surface area contributed by atoms with Crippen molar-refractivity contribution >= 4 is 27.4 Å². The van der Waals surface area contributed by atoms with Crippen molar-refractivity contribution in [2.45, 2.75) is 25.0 Å². The lowest BCUT2D eigenvalue weighted by Crippen LogP contribution is -2.11.